The van der Waals surface area contributed by atoms with Gasteiger partial charge in [0, 0.05) is 17.1 Å². The minimum absolute atomic E-state index is 0.0361. The third-order valence-electron chi connectivity index (χ3n) is 3.08. The summed E-state index contributed by atoms with van der Waals surface area (Å²) in [4.78, 5) is 15.5. The standard InChI is InChI=1S/C16H20N2OS/c1-3-18(11-15-8-5-9-20-15)12-16(19)17-14-7-4-6-13(2)10-14/h4-10H,3,11-12H2,1-2H3,(H,17,19). The Labute approximate surface area is 124 Å². The van der Waals surface area contributed by atoms with Crippen LogP contribution in [0.3, 0.4) is 0 Å². The second-order valence-electron chi connectivity index (χ2n) is 4.80. The number of amides is 1. The molecular weight excluding hydrogens is 268 g/mol. The molecule has 2 aromatic rings. The van der Waals surface area contributed by atoms with E-state index in [1.807, 2.05) is 37.3 Å². The Hall–Kier alpha value is -1.65. The number of nitrogens with one attached hydrogen (secondary N) is 1. The minimum Gasteiger partial charge on any atom is -0.325 e. The van der Waals surface area contributed by atoms with Gasteiger partial charge in [0.1, 0.15) is 0 Å². The first-order valence-corrected chi connectivity index (χ1v) is 7.66. The normalized spacial score (nSPS) is 10.8. The van der Waals surface area contributed by atoms with Gasteiger partial charge < -0.3 is 5.32 Å². The predicted molar refractivity (Wildman–Crippen MR) is 85.1 cm³/mol. The maximum absolute atomic E-state index is 12.1. The maximum Gasteiger partial charge on any atom is 0.238 e. The zero-order valence-corrected chi connectivity index (χ0v) is 12.7. The number of rotatable bonds is 6. The van der Waals surface area contributed by atoms with Crippen LogP contribution in [0.15, 0.2) is 41.8 Å². The Kier molecular flexibility index (Phi) is 5.32. The SMILES string of the molecule is CCN(CC(=O)Nc1cccc(C)c1)Cc1cccs1. The van der Waals surface area contributed by atoms with E-state index in [1.165, 1.54) is 4.88 Å². The first-order chi connectivity index (χ1) is 9.67. The third-order valence-corrected chi connectivity index (χ3v) is 3.94. The molecule has 2 rings (SSSR count). The molecule has 0 aliphatic rings. The highest BCUT2D eigenvalue weighted by Gasteiger charge is 2.10. The smallest absolute Gasteiger partial charge is 0.238 e. The molecule has 4 heteroatoms. The van der Waals surface area contributed by atoms with Crippen molar-refractivity contribution in [3.8, 4) is 0 Å². The van der Waals surface area contributed by atoms with E-state index in [0.717, 1.165) is 24.3 Å². The summed E-state index contributed by atoms with van der Waals surface area (Å²) in [6.07, 6.45) is 0. The van der Waals surface area contributed by atoms with Crippen molar-refractivity contribution in [1.82, 2.24) is 4.90 Å². The Balaban J connectivity index is 1.89. The lowest BCUT2D eigenvalue weighted by Crippen LogP contribution is -2.32. The molecular formula is C16H20N2OS. The average Bonchev–Trinajstić information content (AvgIpc) is 2.90. The van der Waals surface area contributed by atoms with Gasteiger partial charge in [-0.25, -0.2) is 0 Å². The van der Waals surface area contributed by atoms with E-state index in [0.29, 0.717) is 6.54 Å². The Bertz CT molecular complexity index is 551. The molecule has 0 saturated heterocycles. The van der Waals surface area contributed by atoms with Crippen molar-refractivity contribution in [2.24, 2.45) is 0 Å². The van der Waals surface area contributed by atoms with Crippen LogP contribution in [-0.2, 0) is 11.3 Å². The van der Waals surface area contributed by atoms with Crippen LogP contribution in [0, 0.1) is 6.92 Å². The molecule has 0 radical (unpaired) electrons. The van der Waals surface area contributed by atoms with Gasteiger partial charge in [-0.15, -0.1) is 11.3 Å². The van der Waals surface area contributed by atoms with Crippen LogP contribution in [0.25, 0.3) is 0 Å². The number of likely N-dealkylation sites (N-methyl/N-ethyl adjacent to an activating group) is 1. The second-order valence-corrected chi connectivity index (χ2v) is 5.83. The first-order valence-electron chi connectivity index (χ1n) is 6.78. The van der Waals surface area contributed by atoms with Crippen LogP contribution in [0.1, 0.15) is 17.4 Å². The van der Waals surface area contributed by atoms with Gasteiger partial charge in [-0.2, -0.15) is 0 Å². The largest absolute Gasteiger partial charge is 0.325 e. The number of carbonyl (C=O) groups is 1. The Morgan fingerprint density at radius 1 is 1.30 bits per heavy atom. The molecule has 1 N–H and O–H groups in total. The number of anilines is 1. The van der Waals surface area contributed by atoms with Crippen LogP contribution in [0.4, 0.5) is 5.69 Å². The lowest BCUT2D eigenvalue weighted by Gasteiger charge is -2.19. The highest BCUT2D eigenvalue weighted by Crippen LogP contribution is 2.12. The molecule has 1 aromatic carbocycles. The second kappa shape index (κ2) is 7.22. The molecule has 0 spiro atoms. The first kappa shape index (κ1) is 14.8. The summed E-state index contributed by atoms with van der Waals surface area (Å²) < 4.78 is 0. The summed E-state index contributed by atoms with van der Waals surface area (Å²) in [5.74, 6) is 0.0361. The molecule has 1 amide bonds. The molecule has 1 aromatic heterocycles. The van der Waals surface area contributed by atoms with Gasteiger partial charge in [-0.1, -0.05) is 25.1 Å². The van der Waals surface area contributed by atoms with E-state index in [4.69, 9.17) is 0 Å². The molecule has 0 bridgehead atoms. The topological polar surface area (TPSA) is 32.3 Å². The van der Waals surface area contributed by atoms with Gasteiger partial charge in [-0.05, 0) is 42.6 Å². The van der Waals surface area contributed by atoms with E-state index in [1.54, 1.807) is 11.3 Å². The van der Waals surface area contributed by atoms with E-state index in [9.17, 15) is 4.79 Å². The van der Waals surface area contributed by atoms with Crippen molar-refractivity contribution in [2.75, 3.05) is 18.4 Å². The highest BCUT2D eigenvalue weighted by atomic mass is 32.1. The van der Waals surface area contributed by atoms with Gasteiger partial charge in [0.2, 0.25) is 5.91 Å². The van der Waals surface area contributed by atoms with Crippen LogP contribution in [-0.4, -0.2) is 23.9 Å². The predicted octanol–water partition coefficient (Wildman–Crippen LogP) is 3.52. The van der Waals surface area contributed by atoms with Gasteiger partial charge >= 0.3 is 0 Å². The van der Waals surface area contributed by atoms with Gasteiger partial charge in [0.15, 0.2) is 0 Å². The quantitative estimate of drug-likeness (QED) is 0.882. The van der Waals surface area contributed by atoms with Crippen LogP contribution >= 0.6 is 11.3 Å². The summed E-state index contributed by atoms with van der Waals surface area (Å²) >= 11 is 1.73. The molecule has 0 fully saturated rings. The molecule has 0 aliphatic carbocycles. The maximum atomic E-state index is 12.1. The van der Waals surface area contributed by atoms with E-state index in [-0.39, 0.29) is 5.91 Å². The fourth-order valence-corrected chi connectivity index (χ4v) is 2.78. The molecule has 20 heavy (non-hydrogen) atoms. The van der Waals surface area contributed by atoms with E-state index in [2.05, 4.69) is 28.6 Å². The molecule has 1 heterocycles. The molecule has 0 aliphatic heterocycles. The minimum atomic E-state index is 0.0361. The number of hydrogen-bond acceptors (Lipinski definition) is 3. The summed E-state index contributed by atoms with van der Waals surface area (Å²) in [6, 6.07) is 12.0. The zero-order valence-electron chi connectivity index (χ0n) is 11.9. The highest BCUT2D eigenvalue weighted by molar-refractivity contribution is 7.09. The molecule has 0 saturated carbocycles. The van der Waals surface area contributed by atoms with Gasteiger partial charge in [0.05, 0.1) is 6.54 Å². The fraction of sp³-hybridized carbons (Fsp3) is 0.312. The number of thiophene rings is 1. The number of nitrogens with zero attached hydrogens (tertiary/aromatic N) is 1. The molecule has 106 valence electrons. The van der Waals surface area contributed by atoms with Crippen molar-refractivity contribution in [3.05, 3.63) is 52.2 Å². The lowest BCUT2D eigenvalue weighted by molar-refractivity contribution is -0.117. The van der Waals surface area contributed by atoms with Crippen LogP contribution in [0.2, 0.25) is 0 Å². The Morgan fingerprint density at radius 3 is 2.80 bits per heavy atom. The molecule has 3 nitrogen and oxygen atoms in total. The third kappa shape index (κ3) is 4.47. The molecule has 0 unspecified atom stereocenters. The van der Waals surface area contributed by atoms with Crippen molar-refractivity contribution in [3.63, 3.8) is 0 Å². The van der Waals surface area contributed by atoms with Crippen LogP contribution < -0.4 is 5.32 Å². The fourth-order valence-electron chi connectivity index (χ4n) is 2.03. The summed E-state index contributed by atoms with van der Waals surface area (Å²) in [5, 5.41) is 5.02. The summed E-state index contributed by atoms with van der Waals surface area (Å²) in [6.45, 7) is 6.20. The van der Waals surface area contributed by atoms with Crippen LogP contribution in [0.5, 0.6) is 0 Å². The zero-order chi connectivity index (χ0) is 14.4. The Morgan fingerprint density at radius 2 is 2.15 bits per heavy atom. The van der Waals surface area contributed by atoms with Crippen molar-refractivity contribution in [1.29, 1.82) is 0 Å². The van der Waals surface area contributed by atoms with Crippen molar-refractivity contribution >= 4 is 22.9 Å². The van der Waals surface area contributed by atoms with Crippen molar-refractivity contribution in [2.45, 2.75) is 20.4 Å². The number of benzene rings is 1. The van der Waals surface area contributed by atoms with Crippen molar-refractivity contribution < 1.29 is 4.79 Å². The average molecular weight is 288 g/mol. The lowest BCUT2D eigenvalue weighted by atomic mass is 10.2. The number of hydrogen-bond donors (Lipinski definition) is 1. The molecule has 0 atom stereocenters. The van der Waals surface area contributed by atoms with Gasteiger partial charge in [0.25, 0.3) is 0 Å². The van der Waals surface area contributed by atoms with Gasteiger partial charge in [-0.3, -0.25) is 9.69 Å². The van der Waals surface area contributed by atoms with E-state index < -0.39 is 0 Å². The number of carbonyl (C=O) groups excluding carboxylic acids is 1. The summed E-state index contributed by atoms with van der Waals surface area (Å²) in [7, 11) is 0. The number of aryl methyl sites for hydroxylation is 1. The monoisotopic (exact) mass is 288 g/mol. The summed E-state index contributed by atoms with van der Waals surface area (Å²) in [5.41, 5.74) is 2.01. The van der Waals surface area contributed by atoms with E-state index >= 15 is 0 Å².